The minimum atomic E-state index is -0.479. The lowest BCUT2D eigenvalue weighted by Gasteiger charge is -2.05. The first-order valence-corrected chi connectivity index (χ1v) is 5.89. The van der Waals surface area contributed by atoms with E-state index < -0.39 is 5.91 Å². The quantitative estimate of drug-likeness (QED) is 0.451. The lowest BCUT2D eigenvalue weighted by Crippen LogP contribution is -2.20. The second-order valence-corrected chi connectivity index (χ2v) is 4.14. The Bertz CT molecular complexity index is 702. The normalized spacial score (nSPS) is 11.2. The number of rotatable bonds is 3. The number of nitrogens with zero attached hydrogens (tertiary/aromatic N) is 1. The van der Waals surface area contributed by atoms with Crippen molar-refractivity contribution in [2.45, 2.75) is 6.92 Å². The van der Waals surface area contributed by atoms with Gasteiger partial charge in [0, 0.05) is 24.1 Å². The largest absolute Gasteiger partial charge is 0.411 e. The first-order valence-electron chi connectivity index (χ1n) is 5.89. The molecule has 102 valence electrons. The third kappa shape index (κ3) is 2.92. The van der Waals surface area contributed by atoms with Crippen LogP contribution >= 0.6 is 0 Å². The standard InChI is InChI=1S/C14H13N3O3/c1-9(17-20)10-2-4-11(5-3-10)16-14(19)12-8-15-7-6-13(12)18/h2-8,20H,1H3,(H,15,18)(H,16,19)/b17-9-. The zero-order chi connectivity index (χ0) is 14.5. The summed E-state index contributed by atoms with van der Waals surface area (Å²) in [6.45, 7) is 1.66. The molecule has 0 spiro atoms. The highest BCUT2D eigenvalue weighted by Crippen LogP contribution is 2.11. The van der Waals surface area contributed by atoms with E-state index in [1.165, 1.54) is 18.5 Å². The van der Waals surface area contributed by atoms with Crippen LogP contribution < -0.4 is 10.7 Å². The average molecular weight is 271 g/mol. The highest BCUT2D eigenvalue weighted by molar-refractivity contribution is 6.04. The molecule has 6 nitrogen and oxygen atoms in total. The predicted molar refractivity (Wildman–Crippen MR) is 75.5 cm³/mol. The van der Waals surface area contributed by atoms with Gasteiger partial charge in [-0.2, -0.15) is 0 Å². The highest BCUT2D eigenvalue weighted by atomic mass is 16.4. The monoisotopic (exact) mass is 271 g/mol. The van der Waals surface area contributed by atoms with E-state index in [0.717, 1.165) is 5.56 Å². The molecule has 2 aromatic rings. The van der Waals surface area contributed by atoms with Crippen LogP contribution in [0.15, 0.2) is 52.7 Å². The molecule has 0 aliphatic rings. The summed E-state index contributed by atoms with van der Waals surface area (Å²) in [7, 11) is 0. The third-order valence-electron chi connectivity index (χ3n) is 2.78. The molecule has 0 saturated carbocycles. The van der Waals surface area contributed by atoms with Crippen LogP contribution in [0.1, 0.15) is 22.8 Å². The van der Waals surface area contributed by atoms with E-state index in [1.54, 1.807) is 31.2 Å². The maximum Gasteiger partial charge on any atom is 0.261 e. The minimum absolute atomic E-state index is 0.0460. The number of carbonyl (C=O) groups excluding carboxylic acids is 1. The van der Waals surface area contributed by atoms with E-state index in [9.17, 15) is 9.59 Å². The van der Waals surface area contributed by atoms with Crippen LogP contribution in [0.3, 0.4) is 0 Å². The molecule has 0 bridgehead atoms. The number of aromatic amines is 1. The lowest BCUT2D eigenvalue weighted by atomic mass is 10.1. The molecule has 1 aromatic carbocycles. The van der Waals surface area contributed by atoms with Gasteiger partial charge in [-0.1, -0.05) is 17.3 Å². The third-order valence-corrected chi connectivity index (χ3v) is 2.78. The van der Waals surface area contributed by atoms with Gasteiger partial charge < -0.3 is 15.5 Å². The number of hydrogen-bond acceptors (Lipinski definition) is 4. The van der Waals surface area contributed by atoms with E-state index in [-0.39, 0.29) is 11.0 Å². The number of H-pyrrole nitrogens is 1. The number of pyridine rings is 1. The smallest absolute Gasteiger partial charge is 0.261 e. The molecule has 0 unspecified atom stereocenters. The fourth-order valence-electron chi connectivity index (χ4n) is 1.64. The first-order chi connectivity index (χ1) is 9.61. The van der Waals surface area contributed by atoms with Gasteiger partial charge in [-0.3, -0.25) is 9.59 Å². The number of carbonyl (C=O) groups is 1. The number of nitrogens with one attached hydrogen (secondary N) is 2. The molecular weight excluding hydrogens is 258 g/mol. The van der Waals surface area contributed by atoms with Crippen molar-refractivity contribution in [1.82, 2.24) is 4.98 Å². The Hall–Kier alpha value is -2.89. The summed E-state index contributed by atoms with van der Waals surface area (Å²) in [4.78, 5) is 26.1. The second kappa shape index (κ2) is 5.83. The van der Waals surface area contributed by atoms with Gasteiger partial charge in [0.05, 0.1) is 5.71 Å². The fourth-order valence-corrected chi connectivity index (χ4v) is 1.64. The van der Waals surface area contributed by atoms with Crippen molar-refractivity contribution in [2.24, 2.45) is 5.16 Å². The molecule has 0 fully saturated rings. The summed E-state index contributed by atoms with van der Waals surface area (Å²) in [5.74, 6) is -0.479. The van der Waals surface area contributed by atoms with Crippen LogP contribution in [0.5, 0.6) is 0 Å². The summed E-state index contributed by atoms with van der Waals surface area (Å²) in [5.41, 5.74) is 1.46. The fraction of sp³-hybridized carbons (Fsp3) is 0.0714. The lowest BCUT2D eigenvalue weighted by molar-refractivity contribution is 0.102. The molecule has 0 radical (unpaired) electrons. The van der Waals surface area contributed by atoms with Crippen LogP contribution in [0.25, 0.3) is 0 Å². The van der Waals surface area contributed by atoms with Crippen LogP contribution in [0.2, 0.25) is 0 Å². The van der Waals surface area contributed by atoms with Gasteiger partial charge in [0.2, 0.25) is 0 Å². The summed E-state index contributed by atoms with van der Waals surface area (Å²) < 4.78 is 0. The average Bonchev–Trinajstić information content (AvgIpc) is 2.47. The molecular formula is C14H13N3O3. The Morgan fingerprint density at radius 2 is 1.95 bits per heavy atom. The van der Waals surface area contributed by atoms with Crippen LogP contribution in [0, 0.1) is 0 Å². The SMILES string of the molecule is C/C(=N/O)c1ccc(NC(=O)c2c[nH]ccc2=O)cc1. The van der Waals surface area contributed by atoms with E-state index in [4.69, 9.17) is 5.21 Å². The van der Waals surface area contributed by atoms with Crippen molar-refractivity contribution in [3.05, 3.63) is 64.1 Å². The summed E-state index contributed by atoms with van der Waals surface area (Å²) >= 11 is 0. The minimum Gasteiger partial charge on any atom is -0.411 e. The van der Waals surface area contributed by atoms with E-state index in [0.29, 0.717) is 11.4 Å². The van der Waals surface area contributed by atoms with Gasteiger partial charge in [0.1, 0.15) is 5.56 Å². The molecule has 0 saturated heterocycles. The van der Waals surface area contributed by atoms with Crippen molar-refractivity contribution < 1.29 is 10.0 Å². The molecule has 6 heteroatoms. The van der Waals surface area contributed by atoms with Crippen LogP contribution in [0.4, 0.5) is 5.69 Å². The van der Waals surface area contributed by atoms with Crippen LogP contribution in [-0.4, -0.2) is 21.8 Å². The van der Waals surface area contributed by atoms with Gasteiger partial charge >= 0.3 is 0 Å². The Balaban J connectivity index is 2.17. The molecule has 0 atom stereocenters. The Morgan fingerprint density at radius 3 is 2.55 bits per heavy atom. The van der Waals surface area contributed by atoms with Gasteiger partial charge in [-0.15, -0.1) is 0 Å². The predicted octanol–water partition coefficient (Wildman–Crippen LogP) is 1.83. The maximum atomic E-state index is 11.9. The van der Waals surface area contributed by atoms with Gasteiger partial charge in [-0.05, 0) is 24.6 Å². The van der Waals surface area contributed by atoms with Crippen molar-refractivity contribution in [1.29, 1.82) is 0 Å². The Labute approximate surface area is 114 Å². The molecule has 1 aromatic heterocycles. The second-order valence-electron chi connectivity index (χ2n) is 4.14. The maximum absolute atomic E-state index is 11.9. The Kier molecular flexibility index (Phi) is 3.95. The zero-order valence-electron chi connectivity index (χ0n) is 10.8. The molecule has 1 heterocycles. The summed E-state index contributed by atoms with van der Waals surface area (Å²) in [6.07, 6.45) is 2.82. The number of oxime groups is 1. The molecule has 3 N–H and O–H groups in total. The number of benzene rings is 1. The number of hydrogen-bond donors (Lipinski definition) is 3. The van der Waals surface area contributed by atoms with E-state index in [2.05, 4.69) is 15.5 Å². The first kappa shape index (κ1) is 13.5. The summed E-state index contributed by atoms with van der Waals surface area (Å²) in [6, 6.07) is 8.04. The molecule has 20 heavy (non-hydrogen) atoms. The summed E-state index contributed by atoms with van der Waals surface area (Å²) in [5, 5.41) is 14.4. The number of aromatic nitrogens is 1. The Morgan fingerprint density at radius 1 is 1.25 bits per heavy atom. The van der Waals surface area contributed by atoms with Crippen molar-refractivity contribution in [3.8, 4) is 0 Å². The van der Waals surface area contributed by atoms with Crippen LogP contribution in [-0.2, 0) is 0 Å². The van der Waals surface area contributed by atoms with Gasteiger partial charge in [-0.25, -0.2) is 0 Å². The highest BCUT2D eigenvalue weighted by Gasteiger charge is 2.09. The van der Waals surface area contributed by atoms with E-state index >= 15 is 0 Å². The zero-order valence-corrected chi connectivity index (χ0v) is 10.8. The van der Waals surface area contributed by atoms with Gasteiger partial charge in [0.25, 0.3) is 5.91 Å². The number of amides is 1. The van der Waals surface area contributed by atoms with Crippen molar-refractivity contribution in [2.75, 3.05) is 5.32 Å². The molecule has 0 aliphatic heterocycles. The number of anilines is 1. The molecule has 2 rings (SSSR count). The molecule has 0 aliphatic carbocycles. The van der Waals surface area contributed by atoms with Crippen molar-refractivity contribution in [3.63, 3.8) is 0 Å². The van der Waals surface area contributed by atoms with E-state index in [1.807, 2.05) is 0 Å². The van der Waals surface area contributed by atoms with Crippen molar-refractivity contribution >= 4 is 17.3 Å². The topological polar surface area (TPSA) is 94.6 Å². The molecule has 1 amide bonds. The van der Waals surface area contributed by atoms with Gasteiger partial charge in [0.15, 0.2) is 5.43 Å².